The van der Waals surface area contributed by atoms with Gasteiger partial charge in [0.15, 0.2) is 17.3 Å². The van der Waals surface area contributed by atoms with Gasteiger partial charge in [-0.1, -0.05) is 11.6 Å². The molecule has 184 valence electrons. The van der Waals surface area contributed by atoms with Crippen LogP contribution in [0.4, 0.5) is 20.3 Å². The molecule has 5 N–H and O–H groups in total. The molecule has 1 aromatic carbocycles. The Hall–Kier alpha value is -3.84. The Morgan fingerprint density at radius 1 is 1.43 bits per heavy atom. The molecule has 3 heterocycles. The summed E-state index contributed by atoms with van der Waals surface area (Å²) in [5.41, 5.74) is 1.61. The van der Waals surface area contributed by atoms with Crippen LogP contribution < -0.4 is 10.6 Å². The second kappa shape index (κ2) is 9.80. The number of aliphatic hydroxyl groups is 1. The predicted molar refractivity (Wildman–Crippen MR) is 124 cm³/mol. The van der Waals surface area contributed by atoms with Crippen LogP contribution in [-0.4, -0.2) is 66.0 Å². The van der Waals surface area contributed by atoms with Crippen LogP contribution >= 0.6 is 11.6 Å². The summed E-state index contributed by atoms with van der Waals surface area (Å²) in [7, 11) is 0. The second-order valence-electron chi connectivity index (χ2n) is 7.88. The number of H-pyrrole nitrogens is 1. The van der Waals surface area contributed by atoms with E-state index in [2.05, 4.69) is 30.8 Å². The number of carbonyl (C=O) groups is 2. The van der Waals surface area contributed by atoms with Crippen LogP contribution in [0.25, 0.3) is 27.8 Å². The minimum atomic E-state index is -1.10. The number of anilines is 2. The maximum Gasteiger partial charge on any atom is 0.290 e. The third kappa shape index (κ3) is 4.72. The quantitative estimate of drug-likeness (QED) is 0.249. The van der Waals surface area contributed by atoms with Crippen molar-refractivity contribution < 1.29 is 28.6 Å². The van der Waals surface area contributed by atoms with Crippen LogP contribution in [0.1, 0.15) is 13.3 Å². The van der Waals surface area contributed by atoms with E-state index in [1.54, 1.807) is 23.7 Å². The molecule has 1 saturated carbocycles. The van der Waals surface area contributed by atoms with E-state index in [1.807, 2.05) is 0 Å². The number of rotatable bonds is 6. The van der Waals surface area contributed by atoms with Crippen LogP contribution in [0.15, 0.2) is 24.8 Å². The number of fused-ring (bicyclic) bond motifs is 2. The van der Waals surface area contributed by atoms with Gasteiger partial charge in [0.25, 0.3) is 6.47 Å². The van der Waals surface area contributed by atoms with Crippen molar-refractivity contribution in [1.29, 1.82) is 0 Å². The monoisotopic (exact) mass is 507 g/mol. The Kier molecular flexibility index (Phi) is 6.80. The number of benzene rings is 1. The fourth-order valence-corrected chi connectivity index (χ4v) is 3.83. The molecule has 3 aromatic heterocycles. The molecule has 5 rings (SSSR count). The Labute approximate surface area is 201 Å². The number of hydrogen-bond acceptors (Lipinski definition) is 7. The largest absolute Gasteiger partial charge is 0.483 e. The standard InChI is InChI=1S/C20H18ClF2N7O2.CH2O2/c1-8(7-31)26-19-17(23)16(21)15(10-3-25-29-18(10)19)12-5-30-6-13(27-14(30)4-24-12)28-20(32)9-2-11(9)22;2-1-3/h3-6,8-9,11,26,31H,2,7H2,1H3,(H,25,29)(H,28,32);1H,(H,2,3)/t8?,9-,11+;/m1./s1. The number of amides is 1. The molecule has 1 fully saturated rings. The SMILES string of the molecule is CC(CO)Nc1c(F)c(Cl)c(-c2cn3cc(NC(=O)[C@@H]4C[C@@H]4F)nc3cn2)c2cn[nH]c12.O=CO. The van der Waals surface area contributed by atoms with E-state index in [-0.39, 0.29) is 36.0 Å². The highest BCUT2D eigenvalue weighted by atomic mass is 35.5. The van der Waals surface area contributed by atoms with Crippen LogP contribution in [0, 0.1) is 11.7 Å². The van der Waals surface area contributed by atoms with Gasteiger partial charge >= 0.3 is 0 Å². The first kappa shape index (κ1) is 24.3. The Bertz CT molecular complexity index is 1410. The third-order valence-corrected chi connectivity index (χ3v) is 5.71. The zero-order chi connectivity index (χ0) is 25.3. The highest BCUT2D eigenvalue weighted by molar-refractivity contribution is 6.35. The first-order valence-electron chi connectivity index (χ1n) is 10.4. The summed E-state index contributed by atoms with van der Waals surface area (Å²) in [6, 6.07) is -0.407. The van der Waals surface area contributed by atoms with Crippen molar-refractivity contribution in [3.05, 3.63) is 35.6 Å². The lowest BCUT2D eigenvalue weighted by molar-refractivity contribution is -0.123. The molecule has 3 atom stereocenters. The van der Waals surface area contributed by atoms with Gasteiger partial charge in [0.2, 0.25) is 5.91 Å². The zero-order valence-corrected chi connectivity index (χ0v) is 18.9. The van der Waals surface area contributed by atoms with Gasteiger partial charge in [0.05, 0.1) is 53.0 Å². The van der Waals surface area contributed by atoms with Crippen LogP contribution in [0.2, 0.25) is 5.02 Å². The van der Waals surface area contributed by atoms with Gasteiger partial charge in [-0.05, 0) is 13.3 Å². The highest BCUT2D eigenvalue weighted by Gasteiger charge is 2.43. The number of nitrogens with one attached hydrogen (secondary N) is 3. The average Bonchev–Trinajstić information content (AvgIpc) is 3.19. The molecule has 0 aliphatic heterocycles. The first-order chi connectivity index (χ1) is 16.8. The number of carboxylic acid groups (broad SMARTS) is 1. The molecule has 0 radical (unpaired) electrons. The molecule has 4 aromatic rings. The number of aromatic amines is 1. The van der Waals surface area contributed by atoms with Gasteiger partial charge in [-0.3, -0.25) is 19.7 Å². The number of aromatic nitrogens is 5. The second-order valence-corrected chi connectivity index (χ2v) is 8.26. The van der Waals surface area contributed by atoms with Crippen molar-refractivity contribution >= 4 is 52.0 Å². The van der Waals surface area contributed by atoms with E-state index >= 15 is 4.39 Å². The lowest BCUT2D eigenvalue weighted by Gasteiger charge is -2.17. The number of imidazole rings is 1. The molecule has 0 spiro atoms. The lowest BCUT2D eigenvalue weighted by atomic mass is 10.0. The number of aliphatic hydroxyl groups excluding tert-OH is 1. The average molecular weight is 508 g/mol. The van der Waals surface area contributed by atoms with Gasteiger partial charge in [-0.15, -0.1) is 0 Å². The third-order valence-electron chi connectivity index (χ3n) is 5.35. The summed E-state index contributed by atoms with van der Waals surface area (Å²) in [5.74, 6) is -1.49. The predicted octanol–water partition coefficient (Wildman–Crippen LogP) is 2.86. The topological polar surface area (TPSA) is 158 Å². The minimum absolute atomic E-state index is 0.104. The maximum absolute atomic E-state index is 15.2. The molecular weight excluding hydrogens is 488 g/mol. The fourth-order valence-electron chi connectivity index (χ4n) is 3.53. The number of nitrogens with zero attached hydrogens (tertiary/aromatic N) is 4. The van der Waals surface area contributed by atoms with Crippen molar-refractivity contribution in [2.24, 2.45) is 5.92 Å². The summed E-state index contributed by atoms with van der Waals surface area (Å²) in [6.45, 7) is 1.25. The van der Waals surface area contributed by atoms with Crippen molar-refractivity contribution in [3.63, 3.8) is 0 Å². The van der Waals surface area contributed by atoms with Gasteiger partial charge < -0.3 is 25.2 Å². The molecular formula is C21H20ClF2N7O4. The van der Waals surface area contributed by atoms with Crippen molar-refractivity contribution in [3.8, 4) is 11.3 Å². The van der Waals surface area contributed by atoms with E-state index in [0.29, 0.717) is 27.8 Å². The number of halogens is 3. The van der Waals surface area contributed by atoms with Gasteiger partial charge in [0, 0.05) is 23.2 Å². The van der Waals surface area contributed by atoms with Crippen LogP contribution in [0.5, 0.6) is 0 Å². The molecule has 35 heavy (non-hydrogen) atoms. The molecule has 0 bridgehead atoms. The summed E-state index contributed by atoms with van der Waals surface area (Å²) >= 11 is 6.40. The molecule has 1 aliphatic rings. The summed E-state index contributed by atoms with van der Waals surface area (Å²) < 4.78 is 29.9. The van der Waals surface area contributed by atoms with Gasteiger partial charge in [0.1, 0.15) is 6.17 Å². The molecule has 0 saturated heterocycles. The summed E-state index contributed by atoms with van der Waals surface area (Å²) in [4.78, 5) is 28.9. The van der Waals surface area contributed by atoms with Gasteiger partial charge in [-0.2, -0.15) is 5.10 Å². The zero-order valence-electron chi connectivity index (χ0n) is 18.2. The van der Waals surface area contributed by atoms with E-state index in [1.165, 1.54) is 12.4 Å². The van der Waals surface area contributed by atoms with Crippen molar-refractivity contribution in [1.82, 2.24) is 24.6 Å². The Morgan fingerprint density at radius 3 is 2.80 bits per heavy atom. The van der Waals surface area contributed by atoms with E-state index in [9.17, 15) is 14.3 Å². The van der Waals surface area contributed by atoms with E-state index < -0.39 is 29.9 Å². The number of hydrogen-bond donors (Lipinski definition) is 5. The first-order valence-corrected chi connectivity index (χ1v) is 10.8. The smallest absolute Gasteiger partial charge is 0.290 e. The van der Waals surface area contributed by atoms with Crippen LogP contribution in [0.3, 0.4) is 0 Å². The van der Waals surface area contributed by atoms with E-state index in [4.69, 9.17) is 21.5 Å². The molecule has 11 nitrogen and oxygen atoms in total. The molecule has 14 heteroatoms. The summed E-state index contributed by atoms with van der Waals surface area (Å²) in [5, 5.41) is 28.8. The number of carbonyl (C=O) groups excluding carboxylic acids is 1. The Morgan fingerprint density at radius 2 is 2.14 bits per heavy atom. The lowest BCUT2D eigenvalue weighted by Crippen LogP contribution is -2.20. The Balaban J connectivity index is 0.000000917. The molecule has 1 aliphatic carbocycles. The van der Waals surface area contributed by atoms with E-state index in [0.717, 1.165) is 0 Å². The van der Waals surface area contributed by atoms with Crippen molar-refractivity contribution in [2.45, 2.75) is 25.6 Å². The molecule has 1 unspecified atom stereocenters. The normalized spacial score (nSPS) is 17.5. The maximum atomic E-state index is 15.2. The fraction of sp³-hybridized carbons (Fsp3) is 0.286. The highest BCUT2D eigenvalue weighted by Crippen LogP contribution is 2.41. The minimum Gasteiger partial charge on any atom is -0.483 e. The van der Waals surface area contributed by atoms with Crippen LogP contribution in [-0.2, 0) is 9.59 Å². The molecule has 1 amide bonds. The van der Waals surface area contributed by atoms with Crippen molar-refractivity contribution in [2.75, 3.05) is 17.2 Å². The summed E-state index contributed by atoms with van der Waals surface area (Å²) in [6.07, 6.45) is 5.25. The van der Waals surface area contributed by atoms with Gasteiger partial charge in [-0.25, -0.2) is 13.8 Å². The number of alkyl halides is 1.